The van der Waals surface area contributed by atoms with Crippen molar-refractivity contribution in [2.45, 2.75) is 37.8 Å². The van der Waals surface area contributed by atoms with E-state index in [0.717, 1.165) is 6.54 Å². The first-order valence-electron chi connectivity index (χ1n) is 6.43. The fraction of sp³-hybridized carbons (Fsp3) is 0.600. The number of thioether (sulfide) groups is 1. The summed E-state index contributed by atoms with van der Waals surface area (Å²) in [6.07, 6.45) is 0. The van der Waals surface area contributed by atoms with Crippen LogP contribution in [0.1, 0.15) is 27.7 Å². The normalized spacial score (nSPS) is 11.9. The van der Waals surface area contributed by atoms with Crippen LogP contribution in [0, 0.1) is 5.41 Å². The van der Waals surface area contributed by atoms with Crippen LogP contribution in [0.4, 0.5) is 5.69 Å². The molecule has 1 aromatic rings. The number of hydrogen-bond donors (Lipinski definition) is 1. The van der Waals surface area contributed by atoms with Crippen molar-refractivity contribution in [1.82, 2.24) is 0 Å². The van der Waals surface area contributed by atoms with Crippen LogP contribution in [0.15, 0.2) is 29.2 Å². The second kappa shape index (κ2) is 6.48. The number of anilines is 1. The average molecular weight is 267 g/mol. The van der Waals surface area contributed by atoms with Gasteiger partial charge in [-0.25, -0.2) is 0 Å². The van der Waals surface area contributed by atoms with Crippen LogP contribution < -0.4 is 4.90 Å². The Hall–Kier alpha value is -0.670. The van der Waals surface area contributed by atoms with E-state index in [1.54, 1.807) is 0 Å². The Bertz CT molecular complexity index is 359. The third-order valence-corrected chi connectivity index (χ3v) is 3.76. The summed E-state index contributed by atoms with van der Waals surface area (Å²) in [5, 5.41) is 9.92. The highest BCUT2D eigenvalue weighted by Gasteiger charge is 2.19. The molecule has 0 aliphatic rings. The Kier molecular flexibility index (Phi) is 5.54. The molecule has 0 aromatic heterocycles. The predicted molar refractivity (Wildman–Crippen MR) is 81.6 cm³/mol. The maximum absolute atomic E-state index is 9.30. The molecule has 0 aliphatic heterocycles. The number of benzene rings is 1. The summed E-state index contributed by atoms with van der Waals surface area (Å²) in [4.78, 5) is 3.50. The molecule has 0 bridgehead atoms. The lowest BCUT2D eigenvalue weighted by atomic mass is 9.94. The molecule has 0 aliphatic carbocycles. The quantitative estimate of drug-likeness (QED) is 0.796. The van der Waals surface area contributed by atoms with E-state index in [2.05, 4.69) is 63.9 Å². The third kappa shape index (κ3) is 4.91. The van der Waals surface area contributed by atoms with Gasteiger partial charge in [0.2, 0.25) is 0 Å². The zero-order chi connectivity index (χ0) is 13.8. The van der Waals surface area contributed by atoms with E-state index in [4.69, 9.17) is 0 Å². The maximum atomic E-state index is 9.30. The van der Waals surface area contributed by atoms with Gasteiger partial charge < -0.3 is 10.0 Å². The monoisotopic (exact) mass is 267 g/mol. The molecule has 18 heavy (non-hydrogen) atoms. The fourth-order valence-corrected chi connectivity index (χ4v) is 2.67. The van der Waals surface area contributed by atoms with Crippen molar-refractivity contribution in [2.24, 2.45) is 5.41 Å². The molecule has 102 valence electrons. The Morgan fingerprint density at radius 1 is 1.22 bits per heavy atom. The first-order valence-corrected chi connectivity index (χ1v) is 7.31. The largest absolute Gasteiger partial charge is 0.396 e. The minimum absolute atomic E-state index is 0.0693. The summed E-state index contributed by atoms with van der Waals surface area (Å²) in [5.74, 6) is 0. The number of hydrogen-bond acceptors (Lipinski definition) is 3. The molecular formula is C15H25NOS. The first kappa shape index (κ1) is 15.4. The topological polar surface area (TPSA) is 23.5 Å². The summed E-state index contributed by atoms with van der Waals surface area (Å²) in [6.45, 7) is 9.61. The molecule has 0 fully saturated rings. The third-order valence-electron chi connectivity index (χ3n) is 2.74. The number of aliphatic hydroxyl groups excluding tert-OH is 1. The molecule has 3 heteroatoms. The highest BCUT2D eigenvalue weighted by molar-refractivity contribution is 7.99. The van der Waals surface area contributed by atoms with E-state index in [1.165, 1.54) is 10.6 Å². The van der Waals surface area contributed by atoms with E-state index < -0.39 is 0 Å². The van der Waals surface area contributed by atoms with Gasteiger partial charge in [-0.15, -0.1) is 11.8 Å². The molecule has 1 N–H and O–H groups in total. The van der Waals surface area contributed by atoms with Crippen molar-refractivity contribution in [3.63, 3.8) is 0 Å². The Morgan fingerprint density at radius 2 is 1.78 bits per heavy atom. The zero-order valence-electron chi connectivity index (χ0n) is 12.1. The van der Waals surface area contributed by atoms with Crippen LogP contribution in [0.2, 0.25) is 0 Å². The van der Waals surface area contributed by atoms with E-state index in [1.807, 2.05) is 11.8 Å². The van der Waals surface area contributed by atoms with Crippen molar-refractivity contribution in [3.05, 3.63) is 24.3 Å². The molecule has 2 nitrogen and oxygen atoms in total. The van der Waals surface area contributed by atoms with Crippen LogP contribution in [-0.4, -0.2) is 30.6 Å². The summed E-state index contributed by atoms with van der Waals surface area (Å²) in [7, 11) is 2.07. The van der Waals surface area contributed by atoms with Gasteiger partial charge in [-0.2, -0.15) is 0 Å². The highest BCUT2D eigenvalue weighted by Crippen LogP contribution is 2.26. The molecular weight excluding hydrogens is 242 g/mol. The van der Waals surface area contributed by atoms with Crippen LogP contribution in [0.25, 0.3) is 0 Å². The standard InChI is InChI=1S/C15H25NOS/c1-12(2)18-14-8-6-13(7-9-14)16(5)10-15(3,4)11-17/h6-9,12,17H,10-11H2,1-5H3. The molecule has 0 spiro atoms. The molecule has 0 saturated heterocycles. The van der Waals surface area contributed by atoms with Gasteiger partial charge in [0.15, 0.2) is 0 Å². The predicted octanol–water partition coefficient (Wildman–Crippen LogP) is 3.64. The van der Waals surface area contributed by atoms with Crippen LogP contribution in [0.3, 0.4) is 0 Å². The lowest BCUT2D eigenvalue weighted by Gasteiger charge is -2.30. The lowest BCUT2D eigenvalue weighted by molar-refractivity contribution is 0.165. The van der Waals surface area contributed by atoms with Crippen molar-refractivity contribution in [1.29, 1.82) is 0 Å². The lowest BCUT2D eigenvalue weighted by Crippen LogP contribution is -2.33. The minimum Gasteiger partial charge on any atom is -0.396 e. The van der Waals surface area contributed by atoms with Gasteiger partial charge in [0.25, 0.3) is 0 Å². The molecule has 1 aromatic carbocycles. The summed E-state index contributed by atoms with van der Waals surface area (Å²) < 4.78 is 0. The molecule has 0 unspecified atom stereocenters. The fourth-order valence-electron chi connectivity index (χ4n) is 1.83. The van der Waals surface area contributed by atoms with Crippen LogP contribution in [0.5, 0.6) is 0 Å². The van der Waals surface area contributed by atoms with Gasteiger partial charge in [0.1, 0.15) is 0 Å². The number of aliphatic hydroxyl groups is 1. The van der Waals surface area contributed by atoms with Gasteiger partial charge in [0, 0.05) is 41.4 Å². The SMILES string of the molecule is CC(C)Sc1ccc(N(C)CC(C)(C)CO)cc1. The molecule has 0 saturated carbocycles. The summed E-state index contributed by atoms with van der Waals surface area (Å²) >= 11 is 1.88. The molecule has 0 atom stereocenters. The molecule has 0 radical (unpaired) electrons. The van der Waals surface area contributed by atoms with Crippen LogP contribution in [-0.2, 0) is 0 Å². The second-order valence-electron chi connectivity index (χ2n) is 5.84. The van der Waals surface area contributed by atoms with Crippen molar-refractivity contribution in [3.8, 4) is 0 Å². The first-order chi connectivity index (χ1) is 8.34. The van der Waals surface area contributed by atoms with Gasteiger partial charge in [-0.05, 0) is 24.3 Å². The van der Waals surface area contributed by atoms with Crippen molar-refractivity contribution < 1.29 is 5.11 Å². The minimum atomic E-state index is -0.0693. The van der Waals surface area contributed by atoms with Crippen molar-refractivity contribution in [2.75, 3.05) is 25.1 Å². The van der Waals surface area contributed by atoms with Gasteiger partial charge >= 0.3 is 0 Å². The molecule has 0 heterocycles. The second-order valence-corrected chi connectivity index (χ2v) is 7.49. The highest BCUT2D eigenvalue weighted by atomic mass is 32.2. The Morgan fingerprint density at radius 3 is 2.22 bits per heavy atom. The van der Waals surface area contributed by atoms with E-state index in [-0.39, 0.29) is 12.0 Å². The van der Waals surface area contributed by atoms with E-state index in [9.17, 15) is 5.11 Å². The maximum Gasteiger partial charge on any atom is 0.0499 e. The van der Waals surface area contributed by atoms with Gasteiger partial charge in [0.05, 0.1) is 0 Å². The van der Waals surface area contributed by atoms with Gasteiger partial charge in [-0.3, -0.25) is 0 Å². The number of nitrogens with zero attached hydrogens (tertiary/aromatic N) is 1. The van der Waals surface area contributed by atoms with Gasteiger partial charge in [-0.1, -0.05) is 27.7 Å². The van der Waals surface area contributed by atoms with E-state index in [0.29, 0.717) is 5.25 Å². The summed E-state index contributed by atoms with van der Waals surface area (Å²) in [6, 6.07) is 8.64. The van der Waals surface area contributed by atoms with Crippen molar-refractivity contribution >= 4 is 17.4 Å². The average Bonchev–Trinajstić information content (AvgIpc) is 2.28. The smallest absolute Gasteiger partial charge is 0.0499 e. The van der Waals surface area contributed by atoms with E-state index >= 15 is 0 Å². The number of rotatable bonds is 6. The summed E-state index contributed by atoms with van der Waals surface area (Å²) in [5.41, 5.74) is 1.13. The Labute approximate surface area is 115 Å². The Balaban J connectivity index is 2.67. The van der Waals surface area contributed by atoms with Crippen LogP contribution >= 0.6 is 11.8 Å². The molecule has 1 rings (SSSR count). The molecule has 0 amide bonds. The zero-order valence-corrected chi connectivity index (χ0v) is 12.9.